The molecule has 0 spiro atoms. The fourth-order valence-electron chi connectivity index (χ4n) is 2.65. The first-order valence-corrected chi connectivity index (χ1v) is 9.73. The highest BCUT2D eigenvalue weighted by Gasteiger charge is 2.22. The zero-order valence-electron chi connectivity index (χ0n) is 12.5. The van der Waals surface area contributed by atoms with Crippen LogP contribution in [0.4, 0.5) is 0 Å². The molecule has 0 fully saturated rings. The van der Waals surface area contributed by atoms with Gasteiger partial charge in [-0.1, -0.05) is 72.0 Å². The Morgan fingerprint density at radius 1 is 1.00 bits per heavy atom. The molecule has 21 heavy (non-hydrogen) atoms. The van der Waals surface area contributed by atoms with Crippen LogP contribution in [-0.4, -0.2) is 0 Å². The van der Waals surface area contributed by atoms with Crippen LogP contribution in [0.1, 0.15) is 53.4 Å². The summed E-state index contributed by atoms with van der Waals surface area (Å²) in [4.78, 5) is 0.101. The molecule has 0 N–H and O–H groups in total. The van der Waals surface area contributed by atoms with Gasteiger partial charge in [0.05, 0.1) is 13.5 Å². The molecule has 0 aliphatic carbocycles. The van der Waals surface area contributed by atoms with E-state index in [-0.39, 0.29) is 4.83 Å². The summed E-state index contributed by atoms with van der Waals surface area (Å²) >= 11 is 17.7. The molecule has 1 aromatic heterocycles. The minimum absolute atomic E-state index is 0.101. The fraction of sp³-hybridized carbons (Fsp3) is 0.412. The predicted molar refractivity (Wildman–Crippen MR) is 99.7 cm³/mol. The van der Waals surface area contributed by atoms with Crippen LogP contribution in [0.25, 0.3) is 0 Å². The molecule has 0 bridgehead atoms. The minimum atomic E-state index is 0.101. The second-order valence-corrected chi connectivity index (χ2v) is 8.23. The summed E-state index contributed by atoms with van der Waals surface area (Å²) in [6, 6.07) is 6.62. The van der Waals surface area contributed by atoms with Gasteiger partial charge in [0.15, 0.2) is 0 Å². The van der Waals surface area contributed by atoms with Crippen molar-refractivity contribution >= 4 is 50.5 Å². The van der Waals surface area contributed by atoms with E-state index < -0.39 is 0 Å². The molecule has 2 aromatic rings. The van der Waals surface area contributed by atoms with E-state index in [0.717, 1.165) is 33.5 Å². The lowest BCUT2D eigenvalue weighted by atomic mass is 9.90. The van der Waals surface area contributed by atoms with Crippen molar-refractivity contribution in [1.29, 1.82) is 0 Å². The standard InChI is InChI=1S/C17H19BrCl2S/c1-4-10-7-11(5-2)15(12(6-3)8-10)16(18)13-9-14(19)21-17(13)20/h7-9,16H,4-6H2,1-3H3. The third-order valence-electron chi connectivity index (χ3n) is 3.79. The Bertz CT molecular complexity index is 609. The summed E-state index contributed by atoms with van der Waals surface area (Å²) in [5.41, 5.74) is 6.62. The van der Waals surface area contributed by atoms with Gasteiger partial charge in [-0.25, -0.2) is 0 Å². The van der Waals surface area contributed by atoms with E-state index in [9.17, 15) is 0 Å². The maximum atomic E-state index is 6.34. The molecule has 0 amide bonds. The van der Waals surface area contributed by atoms with Crippen LogP contribution >= 0.6 is 50.5 Å². The summed E-state index contributed by atoms with van der Waals surface area (Å²) in [5, 5.41) is 0. The van der Waals surface area contributed by atoms with Crippen molar-refractivity contribution in [2.24, 2.45) is 0 Å². The quantitative estimate of drug-likeness (QED) is 0.460. The second-order valence-electron chi connectivity index (χ2n) is 5.03. The van der Waals surface area contributed by atoms with Crippen molar-refractivity contribution < 1.29 is 0 Å². The Hall–Kier alpha value is -0.0200. The number of aryl methyl sites for hydroxylation is 3. The van der Waals surface area contributed by atoms with Crippen molar-refractivity contribution in [3.05, 3.63) is 54.7 Å². The Kier molecular flexibility index (Phi) is 6.19. The van der Waals surface area contributed by atoms with Gasteiger partial charge in [-0.2, -0.15) is 0 Å². The van der Waals surface area contributed by atoms with Crippen molar-refractivity contribution in [3.63, 3.8) is 0 Å². The van der Waals surface area contributed by atoms with Crippen LogP contribution in [-0.2, 0) is 19.3 Å². The summed E-state index contributed by atoms with van der Waals surface area (Å²) in [5.74, 6) is 0. The molecule has 1 unspecified atom stereocenters. The van der Waals surface area contributed by atoms with Gasteiger partial charge in [0.1, 0.15) is 0 Å². The highest BCUT2D eigenvalue weighted by Crippen LogP contribution is 2.44. The molecule has 1 heterocycles. The van der Waals surface area contributed by atoms with Gasteiger partial charge >= 0.3 is 0 Å². The molecule has 114 valence electrons. The molecule has 0 radical (unpaired) electrons. The third kappa shape index (κ3) is 3.67. The molecule has 0 saturated carbocycles. The molecule has 0 saturated heterocycles. The fourth-order valence-corrected chi connectivity index (χ4v) is 5.41. The summed E-state index contributed by atoms with van der Waals surface area (Å²) in [7, 11) is 0. The van der Waals surface area contributed by atoms with Crippen LogP contribution < -0.4 is 0 Å². The molecule has 0 aliphatic rings. The van der Waals surface area contributed by atoms with E-state index in [0.29, 0.717) is 0 Å². The number of alkyl halides is 1. The van der Waals surface area contributed by atoms with E-state index in [2.05, 4.69) is 48.8 Å². The molecule has 2 rings (SSSR count). The number of halogens is 3. The predicted octanol–water partition coefficient (Wildman–Crippen LogP) is 7.23. The summed E-state index contributed by atoms with van der Waals surface area (Å²) < 4.78 is 1.51. The molecule has 4 heteroatoms. The zero-order chi connectivity index (χ0) is 15.6. The van der Waals surface area contributed by atoms with Gasteiger partial charge in [-0.05, 0) is 47.6 Å². The number of thiophene rings is 1. The Morgan fingerprint density at radius 2 is 1.57 bits per heavy atom. The Balaban J connectivity index is 2.58. The molecule has 1 atom stereocenters. The summed E-state index contributed by atoms with van der Waals surface area (Å²) in [6.07, 6.45) is 3.11. The van der Waals surface area contributed by atoms with Crippen molar-refractivity contribution in [2.75, 3.05) is 0 Å². The Morgan fingerprint density at radius 3 is 1.95 bits per heavy atom. The van der Waals surface area contributed by atoms with Gasteiger partial charge in [0.2, 0.25) is 0 Å². The monoisotopic (exact) mass is 404 g/mol. The van der Waals surface area contributed by atoms with Crippen molar-refractivity contribution in [3.8, 4) is 0 Å². The molecule has 0 aliphatic heterocycles. The van der Waals surface area contributed by atoms with Crippen molar-refractivity contribution in [2.45, 2.75) is 44.9 Å². The number of rotatable bonds is 5. The van der Waals surface area contributed by atoms with Gasteiger partial charge < -0.3 is 0 Å². The van der Waals surface area contributed by atoms with Crippen LogP contribution in [0.2, 0.25) is 8.67 Å². The Labute approximate surface area is 149 Å². The molecular formula is C17H19BrCl2S. The first-order chi connectivity index (χ1) is 10.0. The lowest BCUT2D eigenvalue weighted by Crippen LogP contribution is -2.04. The number of benzene rings is 1. The SMILES string of the molecule is CCc1cc(CC)c(C(Br)c2cc(Cl)sc2Cl)c(CC)c1. The minimum Gasteiger partial charge on any atom is -0.111 e. The maximum absolute atomic E-state index is 6.34. The molecule has 0 nitrogen and oxygen atoms in total. The van der Waals surface area contributed by atoms with Crippen LogP contribution in [0.5, 0.6) is 0 Å². The van der Waals surface area contributed by atoms with E-state index >= 15 is 0 Å². The van der Waals surface area contributed by atoms with E-state index in [1.54, 1.807) is 0 Å². The number of hydrogen-bond donors (Lipinski definition) is 0. The van der Waals surface area contributed by atoms with Gasteiger partial charge in [0, 0.05) is 5.56 Å². The van der Waals surface area contributed by atoms with Crippen LogP contribution in [0.15, 0.2) is 18.2 Å². The van der Waals surface area contributed by atoms with Gasteiger partial charge in [0.25, 0.3) is 0 Å². The second kappa shape index (κ2) is 7.50. The molecule has 1 aromatic carbocycles. The lowest BCUT2D eigenvalue weighted by Gasteiger charge is -2.20. The normalized spacial score (nSPS) is 12.7. The molecular weight excluding hydrogens is 387 g/mol. The van der Waals surface area contributed by atoms with Gasteiger partial charge in [-0.3, -0.25) is 0 Å². The highest BCUT2D eigenvalue weighted by atomic mass is 79.9. The topological polar surface area (TPSA) is 0 Å². The van der Waals surface area contributed by atoms with E-state index in [1.165, 1.54) is 33.6 Å². The third-order valence-corrected chi connectivity index (χ3v) is 6.26. The first-order valence-electron chi connectivity index (χ1n) is 7.25. The van der Waals surface area contributed by atoms with Crippen LogP contribution in [0, 0.1) is 0 Å². The van der Waals surface area contributed by atoms with Crippen molar-refractivity contribution in [1.82, 2.24) is 0 Å². The van der Waals surface area contributed by atoms with E-state index in [1.807, 2.05) is 6.07 Å². The van der Waals surface area contributed by atoms with Crippen LogP contribution in [0.3, 0.4) is 0 Å². The zero-order valence-corrected chi connectivity index (χ0v) is 16.4. The highest BCUT2D eigenvalue weighted by molar-refractivity contribution is 9.09. The van der Waals surface area contributed by atoms with Gasteiger partial charge in [-0.15, -0.1) is 11.3 Å². The lowest BCUT2D eigenvalue weighted by molar-refractivity contribution is 0.977. The largest absolute Gasteiger partial charge is 0.111 e. The summed E-state index contributed by atoms with van der Waals surface area (Å²) in [6.45, 7) is 6.62. The average Bonchev–Trinajstić information content (AvgIpc) is 2.83. The van der Waals surface area contributed by atoms with E-state index in [4.69, 9.17) is 23.2 Å². The first kappa shape index (κ1) is 17.3. The number of hydrogen-bond acceptors (Lipinski definition) is 1. The average molecular weight is 406 g/mol. The maximum Gasteiger partial charge on any atom is 0.0990 e. The smallest absolute Gasteiger partial charge is 0.0990 e.